The van der Waals surface area contributed by atoms with Gasteiger partial charge in [0, 0.05) is 31.7 Å². The molecule has 130 valence electrons. The molecule has 1 amide bonds. The van der Waals surface area contributed by atoms with Gasteiger partial charge >= 0.3 is 0 Å². The number of hydrogen-bond donors (Lipinski definition) is 2. The fourth-order valence-electron chi connectivity index (χ4n) is 3.17. The molecule has 0 radical (unpaired) electrons. The second-order valence-corrected chi connectivity index (χ2v) is 6.27. The minimum atomic E-state index is 0.108. The normalized spacial score (nSPS) is 15.8. The van der Waals surface area contributed by atoms with Crippen LogP contribution < -0.4 is 16.0 Å². The highest BCUT2D eigenvalue weighted by molar-refractivity contribution is 5.76. The Morgan fingerprint density at radius 1 is 1.42 bits per heavy atom. The molecule has 24 heavy (non-hydrogen) atoms. The van der Waals surface area contributed by atoms with E-state index in [9.17, 15) is 4.79 Å². The van der Waals surface area contributed by atoms with Crippen LogP contribution >= 0.6 is 0 Å². The summed E-state index contributed by atoms with van der Waals surface area (Å²) in [5.41, 5.74) is 7.59. The van der Waals surface area contributed by atoms with Gasteiger partial charge in [-0.3, -0.25) is 4.79 Å². The second-order valence-electron chi connectivity index (χ2n) is 6.27. The molecule has 0 aromatic carbocycles. The van der Waals surface area contributed by atoms with Gasteiger partial charge in [-0.1, -0.05) is 6.92 Å². The van der Waals surface area contributed by atoms with E-state index in [0.717, 1.165) is 55.9 Å². The number of amides is 1. The van der Waals surface area contributed by atoms with Crippen LogP contribution in [0.15, 0.2) is 18.3 Å². The van der Waals surface area contributed by atoms with E-state index in [-0.39, 0.29) is 11.9 Å². The number of nitrogens with two attached hydrogens (primary N) is 1. The van der Waals surface area contributed by atoms with E-state index in [2.05, 4.69) is 22.2 Å². The third-order valence-electron chi connectivity index (χ3n) is 4.54. The Labute approximate surface area is 142 Å². The summed E-state index contributed by atoms with van der Waals surface area (Å²) in [6.45, 7) is 4.39. The zero-order valence-corrected chi connectivity index (χ0v) is 14.2. The Morgan fingerprint density at radius 3 is 2.92 bits per heavy atom. The van der Waals surface area contributed by atoms with Crippen molar-refractivity contribution in [3.05, 3.63) is 24.0 Å². The highest BCUT2D eigenvalue weighted by Crippen LogP contribution is 2.19. The maximum absolute atomic E-state index is 11.8. The number of aromatic nitrogens is 3. The maximum Gasteiger partial charge on any atom is 0.243 e. The number of carbonyl (C=O) groups excluding carboxylic acids is 1. The summed E-state index contributed by atoms with van der Waals surface area (Å²) < 4.78 is 1.90. The summed E-state index contributed by atoms with van der Waals surface area (Å²) in [5.74, 6) is 0.889. The molecule has 1 fully saturated rings. The number of rotatable bonds is 6. The van der Waals surface area contributed by atoms with Crippen LogP contribution in [-0.2, 0) is 11.2 Å². The van der Waals surface area contributed by atoms with Crippen molar-refractivity contribution in [1.82, 2.24) is 19.9 Å². The molecule has 1 saturated heterocycles. The van der Waals surface area contributed by atoms with Gasteiger partial charge in [0.1, 0.15) is 0 Å². The zero-order valence-electron chi connectivity index (χ0n) is 14.2. The van der Waals surface area contributed by atoms with E-state index < -0.39 is 0 Å². The summed E-state index contributed by atoms with van der Waals surface area (Å²) in [5, 5.41) is 7.73. The first-order valence-corrected chi connectivity index (χ1v) is 8.80. The Balaban J connectivity index is 1.61. The summed E-state index contributed by atoms with van der Waals surface area (Å²) in [6.07, 6.45) is 5.95. The molecular formula is C17H26N6O. The highest BCUT2D eigenvalue weighted by atomic mass is 16.1. The third-order valence-corrected chi connectivity index (χ3v) is 4.54. The van der Waals surface area contributed by atoms with E-state index in [4.69, 9.17) is 10.7 Å². The molecule has 1 aliphatic heterocycles. The summed E-state index contributed by atoms with van der Waals surface area (Å²) in [7, 11) is 0. The van der Waals surface area contributed by atoms with Crippen LogP contribution in [0.3, 0.4) is 0 Å². The first kappa shape index (κ1) is 16.7. The minimum Gasteiger partial charge on any atom is -0.353 e. The maximum atomic E-state index is 11.8. The third kappa shape index (κ3) is 3.67. The van der Waals surface area contributed by atoms with Crippen LogP contribution in [0.5, 0.6) is 0 Å². The average Bonchev–Trinajstić information content (AvgIpc) is 3.08. The Bertz CT molecular complexity index is 689. The summed E-state index contributed by atoms with van der Waals surface area (Å²) in [4.78, 5) is 18.8. The largest absolute Gasteiger partial charge is 0.353 e. The number of nitrogens with zero attached hydrogens (tertiary/aromatic N) is 4. The van der Waals surface area contributed by atoms with Crippen molar-refractivity contribution >= 4 is 17.4 Å². The fraction of sp³-hybridized carbons (Fsp3) is 0.588. The molecule has 3 N–H and O–H groups in total. The Kier molecular flexibility index (Phi) is 5.30. The molecule has 2 aromatic rings. The second kappa shape index (κ2) is 7.61. The smallest absolute Gasteiger partial charge is 0.243 e. The standard InChI is InChI=1S/C17H26N6O/c1-2-14-15-5-4-10-23(15)21-17(20-14)22-11-7-13(8-12-22)19-16(24)6-3-9-18/h4-5,10,13H,2-3,6-9,11-12,18H2,1H3,(H,19,24). The first-order chi connectivity index (χ1) is 11.7. The number of aryl methyl sites for hydroxylation is 1. The van der Waals surface area contributed by atoms with E-state index in [1.54, 1.807) is 0 Å². The molecule has 0 saturated carbocycles. The van der Waals surface area contributed by atoms with Gasteiger partial charge in [-0.05, 0) is 44.4 Å². The lowest BCUT2D eigenvalue weighted by molar-refractivity contribution is -0.122. The molecule has 0 unspecified atom stereocenters. The molecule has 3 heterocycles. The molecule has 0 bridgehead atoms. The molecule has 0 atom stereocenters. The first-order valence-electron chi connectivity index (χ1n) is 8.80. The quantitative estimate of drug-likeness (QED) is 0.828. The van der Waals surface area contributed by atoms with Crippen LogP contribution in [0.2, 0.25) is 0 Å². The zero-order chi connectivity index (χ0) is 16.9. The summed E-state index contributed by atoms with van der Waals surface area (Å²) >= 11 is 0. The van der Waals surface area contributed by atoms with Gasteiger partial charge in [-0.2, -0.15) is 0 Å². The lowest BCUT2D eigenvalue weighted by Crippen LogP contribution is -2.45. The van der Waals surface area contributed by atoms with Gasteiger partial charge in [0.25, 0.3) is 0 Å². The Morgan fingerprint density at radius 2 is 2.21 bits per heavy atom. The van der Waals surface area contributed by atoms with Gasteiger partial charge in [-0.15, -0.1) is 5.10 Å². The van der Waals surface area contributed by atoms with Crippen molar-refractivity contribution in [2.75, 3.05) is 24.5 Å². The number of carbonyl (C=O) groups is 1. The monoisotopic (exact) mass is 330 g/mol. The van der Waals surface area contributed by atoms with Crippen molar-refractivity contribution in [3.63, 3.8) is 0 Å². The minimum absolute atomic E-state index is 0.108. The van der Waals surface area contributed by atoms with Gasteiger partial charge < -0.3 is 16.0 Å². The van der Waals surface area contributed by atoms with Crippen LogP contribution in [0.25, 0.3) is 5.52 Å². The molecule has 2 aromatic heterocycles. The van der Waals surface area contributed by atoms with E-state index in [0.29, 0.717) is 13.0 Å². The van der Waals surface area contributed by atoms with Crippen LogP contribution in [0.1, 0.15) is 38.3 Å². The van der Waals surface area contributed by atoms with Crippen molar-refractivity contribution in [2.24, 2.45) is 5.73 Å². The lowest BCUT2D eigenvalue weighted by atomic mass is 10.1. The fourth-order valence-corrected chi connectivity index (χ4v) is 3.17. The molecular weight excluding hydrogens is 304 g/mol. The molecule has 3 rings (SSSR count). The molecule has 1 aliphatic rings. The number of nitrogens with one attached hydrogen (secondary N) is 1. The van der Waals surface area contributed by atoms with Crippen LogP contribution in [0, 0.1) is 0 Å². The number of piperidine rings is 1. The molecule has 7 heteroatoms. The predicted molar refractivity (Wildman–Crippen MR) is 94.0 cm³/mol. The molecule has 7 nitrogen and oxygen atoms in total. The van der Waals surface area contributed by atoms with Gasteiger partial charge in [0.05, 0.1) is 11.2 Å². The Hall–Kier alpha value is -2.15. The number of anilines is 1. The highest BCUT2D eigenvalue weighted by Gasteiger charge is 2.23. The molecule has 0 aliphatic carbocycles. The van der Waals surface area contributed by atoms with Gasteiger partial charge in [0.2, 0.25) is 11.9 Å². The number of hydrogen-bond acceptors (Lipinski definition) is 5. The van der Waals surface area contributed by atoms with Crippen LogP contribution in [0.4, 0.5) is 5.95 Å². The predicted octanol–water partition coefficient (Wildman–Crippen LogP) is 1.12. The lowest BCUT2D eigenvalue weighted by Gasteiger charge is -2.32. The van der Waals surface area contributed by atoms with E-state index >= 15 is 0 Å². The van der Waals surface area contributed by atoms with E-state index in [1.807, 2.05) is 22.8 Å². The van der Waals surface area contributed by atoms with Crippen molar-refractivity contribution < 1.29 is 4.79 Å². The number of fused-ring (bicyclic) bond motifs is 1. The average molecular weight is 330 g/mol. The van der Waals surface area contributed by atoms with Crippen LogP contribution in [-0.4, -0.2) is 46.2 Å². The van der Waals surface area contributed by atoms with Gasteiger partial charge in [0.15, 0.2) is 0 Å². The topological polar surface area (TPSA) is 88.5 Å². The SMILES string of the molecule is CCc1nc(N2CCC(NC(=O)CCCN)CC2)nn2cccc12. The molecule has 0 spiro atoms. The summed E-state index contributed by atoms with van der Waals surface area (Å²) in [6, 6.07) is 4.29. The van der Waals surface area contributed by atoms with Gasteiger partial charge in [-0.25, -0.2) is 9.50 Å². The van der Waals surface area contributed by atoms with Crippen molar-refractivity contribution in [3.8, 4) is 0 Å². The van der Waals surface area contributed by atoms with Crippen molar-refractivity contribution in [2.45, 2.75) is 45.1 Å². The van der Waals surface area contributed by atoms with Crippen molar-refractivity contribution in [1.29, 1.82) is 0 Å². The van der Waals surface area contributed by atoms with E-state index in [1.165, 1.54) is 0 Å².